The Hall–Kier alpha value is -4.26. The Balaban J connectivity index is 1.34. The number of ketones is 2. The Morgan fingerprint density at radius 2 is 1.54 bits per heavy atom. The molecule has 0 unspecified atom stereocenters. The van der Waals surface area contributed by atoms with E-state index in [0.29, 0.717) is 23.0 Å². The van der Waals surface area contributed by atoms with Crippen LogP contribution in [0.3, 0.4) is 0 Å². The zero-order chi connectivity index (χ0) is 28.5. The Morgan fingerprint density at radius 3 is 2.20 bits per heavy atom. The van der Waals surface area contributed by atoms with Gasteiger partial charge in [-0.1, -0.05) is 78.1 Å². The lowest BCUT2D eigenvalue weighted by Crippen LogP contribution is -2.29. The Labute approximate surface area is 247 Å². The number of rotatable bonds is 6. The highest BCUT2D eigenvalue weighted by Gasteiger charge is 2.38. The summed E-state index contributed by atoms with van der Waals surface area (Å²) in [4.78, 5) is 39.7. The quantitative estimate of drug-likeness (QED) is 0.280. The van der Waals surface area contributed by atoms with Crippen molar-refractivity contribution in [2.45, 2.75) is 16.2 Å². The molecule has 3 aliphatic heterocycles. The van der Waals surface area contributed by atoms with E-state index in [1.165, 1.54) is 11.8 Å². The molecule has 0 N–H and O–H groups in total. The third-order valence-electron chi connectivity index (χ3n) is 7.32. The number of aliphatic imine (C=N–C) groups is 1. The van der Waals surface area contributed by atoms with Crippen molar-refractivity contribution in [3.63, 3.8) is 0 Å². The van der Waals surface area contributed by atoms with Gasteiger partial charge in [-0.15, -0.1) is 0 Å². The molecule has 0 amide bonds. The first-order valence-corrected chi connectivity index (χ1v) is 14.9. The van der Waals surface area contributed by atoms with Gasteiger partial charge in [0.25, 0.3) is 0 Å². The van der Waals surface area contributed by atoms with Gasteiger partial charge in [0.15, 0.2) is 11.6 Å². The van der Waals surface area contributed by atoms with E-state index in [2.05, 4.69) is 18.2 Å². The van der Waals surface area contributed by atoms with Gasteiger partial charge in [0.05, 0.1) is 28.5 Å². The predicted octanol–water partition coefficient (Wildman–Crippen LogP) is 5.51. The lowest BCUT2D eigenvalue weighted by molar-refractivity contribution is -0.115. The molecule has 204 valence electrons. The monoisotopic (exact) mass is 577 g/mol. The molecule has 0 aromatic heterocycles. The van der Waals surface area contributed by atoms with Crippen molar-refractivity contribution in [1.29, 1.82) is 5.26 Å². The molecule has 0 spiro atoms. The number of fused-ring (bicyclic) bond motifs is 2. The first-order valence-electron chi connectivity index (χ1n) is 13.3. The number of hydrogen-bond acceptors (Lipinski definition) is 8. The van der Waals surface area contributed by atoms with E-state index in [4.69, 9.17) is 4.99 Å². The fourth-order valence-electron chi connectivity index (χ4n) is 5.20. The van der Waals surface area contributed by atoms with E-state index in [0.717, 1.165) is 38.2 Å². The van der Waals surface area contributed by atoms with Crippen molar-refractivity contribution >= 4 is 52.3 Å². The summed E-state index contributed by atoms with van der Waals surface area (Å²) in [6.45, 7) is 0.560. The molecule has 6 rings (SSSR count). The first kappa shape index (κ1) is 26.9. The average molecular weight is 578 g/mol. The largest absolute Gasteiger partial charge is 0.348 e. The molecule has 1 fully saturated rings. The van der Waals surface area contributed by atoms with Crippen molar-refractivity contribution in [3.05, 3.63) is 106 Å². The number of Topliss-reactive ketones (excluding diaryl/α,β-unsaturated/α-hetero) is 2. The van der Waals surface area contributed by atoms with Crippen LogP contribution in [0, 0.1) is 11.3 Å². The molecule has 3 heterocycles. The number of nitriles is 1. The van der Waals surface area contributed by atoms with Gasteiger partial charge in [-0.2, -0.15) is 5.26 Å². The van der Waals surface area contributed by atoms with Crippen LogP contribution in [0.4, 0.5) is 11.4 Å². The van der Waals surface area contributed by atoms with Crippen LogP contribution in [0.1, 0.15) is 5.56 Å². The van der Waals surface area contributed by atoms with Crippen LogP contribution in [-0.2, 0) is 16.0 Å². The zero-order valence-electron chi connectivity index (χ0n) is 22.7. The summed E-state index contributed by atoms with van der Waals surface area (Å²) in [6.07, 6.45) is 0.736. The third kappa shape index (κ3) is 5.05. The minimum atomic E-state index is -0.371. The van der Waals surface area contributed by atoms with Crippen molar-refractivity contribution in [3.8, 4) is 6.07 Å². The second kappa shape index (κ2) is 11.3. The summed E-state index contributed by atoms with van der Waals surface area (Å²) in [7, 11) is 3.81. The molecule has 0 bridgehead atoms. The number of para-hydroxylation sites is 2. The van der Waals surface area contributed by atoms with Crippen LogP contribution in [0.5, 0.6) is 0 Å². The predicted molar refractivity (Wildman–Crippen MR) is 165 cm³/mol. The van der Waals surface area contributed by atoms with Gasteiger partial charge in [-0.25, -0.2) is 0 Å². The number of benzene rings is 3. The van der Waals surface area contributed by atoms with Crippen molar-refractivity contribution in [2.24, 2.45) is 4.99 Å². The van der Waals surface area contributed by atoms with E-state index >= 15 is 0 Å². The van der Waals surface area contributed by atoms with Crippen LogP contribution in [0.15, 0.2) is 115 Å². The number of amidine groups is 1. The minimum absolute atomic E-state index is 0.0215. The molecule has 0 aliphatic carbocycles. The molecule has 41 heavy (non-hydrogen) atoms. The normalized spacial score (nSPS) is 20.0. The fraction of sp³-hybridized carbons (Fsp3) is 0.188. The van der Waals surface area contributed by atoms with Crippen LogP contribution >= 0.6 is 23.5 Å². The summed E-state index contributed by atoms with van der Waals surface area (Å²) >= 11 is 2.96. The van der Waals surface area contributed by atoms with Crippen molar-refractivity contribution < 1.29 is 9.59 Å². The summed E-state index contributed by atoms with van der Waals surface area (Å²) in [5.41, 5.74) is 3.75. The van der Waals surface area contributed by atoms with Gasteiger partial charge in [0.1, 0.15) is 29.1 Å². The molecule has 3 aromatic rings. The zero-order valence-corrected chi connectivity index (χ0v) is 24.3. The Bertz CT molecular complexity index is 1690. The lowest BCUT2D eigenvalue weighted by Gasteiger charge is -2.20. The molecule has 7 nitrogen and oxygen atoms in total. The number of nitrogens with zero attached hydrogens (tertiary/aromatic N) is 5. The summed E-state index contributed by atoms with van der Waals surface area (Å²) in [5, 5.41) is 11.4. The Kier molecular flexibility index (Phi) is 7.43. The maximum Gasteiger partial charge on any atom is 0.197 e. The molecule has 3 aromatic carbocycles. The molecular formula is C32H27N5O2S2. The second-order valence-corrected chi connectivity index (χ2v) is 11.9. The highest BCUT2D eigenvalue weighted by molar-refractivity contribution is 8.04. The number of carbonyl (C=O) groups excluding carboxylic acids is 2. The number of thioether (sulfide) groups is 2. The van der Waals surface area contributed by atoms with Gasteiger partial charge in [0, 0.05) is 30.4 Å². The molecule has 0 radical (unpaired) electrons. The Morgan fingerprint density at radius 1 is 0.902 bits per heavy atom. The van der Waals surface area contributed by atoms with Crippen LogP contribution in [0.2, 0.25) is 0 Å². The number of anilines is 2. The first-order chi connectivity index (χ1) is 20.0. The number of hydrogen-bond donors (Lipinski definition) is 0. The van der Waals surface area contributed by atoms with E-state index in [1.54, 1.807) is 11.8 Å². The summed E-state index contributed by atoms with van der Waals surface area (Å²) in [5.74, 6) is 0.121. The van der Waals surface area contributed by atoms with Gasteiger partial charge >= 0.3 is 0 Å². The van der Waals surface area contributed by atoms with E-state index < -0.39 is 0 Å². The topological polar surface area (TPSA) is 80.0 Å². The van der Waals surface area contributed by atoms with Gasteiger partial charge < -0.3 is 14.7 Å². The standard InChI is InChI=1S/C32H27N5O2S2/c1-35-23-12-6-8-14-27(23)40-31(35)22(18-33)25(38)19-34-30-29(32-36(2)24-13-7-9-15-28(24)41-32)26(39)20-37(30)17-16-21-10-4-3-5-11-21/h3-15H,16-17,19-20H2,1-2H3/b31-22-,32-29+,34-30?. The third-order valence-corrected chi connectivity index (χ3v) is 9.79. The van der Waals surface area contributed by atoms with Crippen molar-refractivity contribution in [2.75, 3.05) is 43.5 Å². The van der Waals surface area contributed by atoms with Gasteiger partial charge in [0.2, 0.25) is 0 Å². The molecule has 9 heteroatoms. The van der Waals surface area contributed by atoms with Crippen LogP contribution < -0.4 is 9.80 Å². The minimum Gasteiger partial charge on any atom is -0.348 e. The maximum atomic E-state index is 13.5. The summed E-state index contributed by atoms with van der Waals surface area (Å²) < 4.78 is 0. The van der Waals surface area contributed by atoms with Gasteiger partial charge in [-0.05, 0) is 36.2 Å². The SMILES string of the molecule is CN1/C(=C(\C#N)C(=O)CN=C2/C(=C3/Sc4ccccc4N3C)C(=O)CN2CCc2ccccc2)Sc2ccccc21. The van der Waals surface area contributed by atoms with Crippen molar-refractivity contribution in [1.82, 2.24) is 4.90 Å². The van der Waals surface area contributed by atoms with Gasteiger partial charge in [-0.3, -0.25) is 14.6 Å². The maximum absolute atomic E-state index is 13.5. The van der Waals surface area contributed by atoms with E-state index in [9.17, 15) is 14.9 Å². The van der Waals surface area contributed by atoms with E-state index in [-0.39, 0.29) is 30.2 Å². The molecule has 3 aliphatic rings. The lowest BCUT2D eigenvalue weighted by atomic mass is 10.1. The fourth-order valence-corrected chi connectivity index (χ4v) is 7.56. The van der Waals surface area contributed by atoms with E-state index in [1.807, 2.05) is 95.5 Å². The second-order valence-electron chi connectivity index (χ2n) is 9.87. The number of carbonyl (C=O) groups is 2. The highest BCUT2D eigenvalue weighted by atomic mass is 32.2. The van der Waals surface area contributed by atoms with Crippen LogP contribution in [0.25, 0.3) is 0 Å². The molecule has 0 saturated carbocycles. The highest BCUT2D eigenvalue weighted by Crippen LogP contribution is 2.48. The average Bonchev–Trinajstić information content (AvgIpc) is 3.62. The molecule has 1 saturated heterocycles. The number of likely N-dealkylation sites (tertiary alicyclic amines) is 1. The van der Waals surface area contributed by atoms with Crippen LogP contribution in [-0.4, -0.2) is 56.0 Å². The molecular weight excluding hydrogens is 551 g/mol. The molecule has 0 atom stereocenters. The summed E-state index contributed by atoms with van der Waals surface area (Å²) in [6, 6.07) is 28.1. The smallest absolute Gasteiger partial charge is 0.197 e.